The predicted octanol–water partition coefficient (Wildman–Crippen LogP) is 5.30. The second kappa shape index (κ2) is 11.2. The van der Waals surface area contributed by atoms with Crippen LogP contribution in [0.15, 0.2) is 47.6 Å². The molecule has 2 rings (SSSR count). The van der Waals surface area contributed by atoms with Crippen LogP contribution < -0.4 is 0 Å². The van der Waals surface area contributed by atoms with Crippen LogP contribution >= 0.6 is 0 Å². The maximum atomic E-state index is 9.56. The van der Waals surface area contributed by atoms with Crippen LogP contribution in [0.4, 0.5) is 0 Å². The first-order chi connectivity index (χ1) is 11.6. The molecule has 0 aromatic heterocycles. The molecule has 1 aliphatic carbocycles. The highest BCUT2D eigenvalue weighted by Crippen LogP contribution is 2.30. The molecule has 24 heavy (non-hydrogen) atoms. The summed E-state index contributed by atoms with van der Waals surface area (Å²) in [6.45, 7) is 7.13. The molecule has 0 bridgehead atoms. The highest BCUT2D eigenvalue weighted by molar-refractivity contribution is 5.70. The molecule has 0 heterocycles. The van der Waals surface area contributed by atoms with Gasteiger partial charge in [0, 0.05) is 5.57 Å². The van der Waals surface area contributed by atoms with E-state index in [1.54, 1.807) is 0 Å². The first-order valence-electron chi connectivity index (χ1n) is 8.49. The maximum absolute atomic E-state index is 9.56. The normalized spacial score (nSPS) is 15.5. The van der Waals surface area contributed by atoms with E-state index in [2.05, 4.69) is 55.0 Å². The molecule has 128 valence electrons. The summed E-state index contributed by atoms with van der Waals surface area (Å²) in [6, 6.07) is 12.7. The van der Waals surface area contributed by atoms with Crippen molar-refractivity contribution >= 4 is 12.0 Å². The molecule has 0 N–H and O–H groups in total. The zero-order valence-corrected chi connectivity index (χ0v) is 14.9. The van der Waals surface area contributed by atoms with Gasteiger partial charge in [-0.05, 0) is 55.2 Å². The van der Waals surface area contributed by atoms with E-state index < -0.39 is 0 Å². The molecule has 3 nitrogen and oxygen atoms in total. The monoisotopic (exact) mass is 325 g/mol. The van der Waals surface area contributed by atoms with E-state index in [4.69, 9.17) is 5.26 Å². The zero-order chi connectivity index (χ0) is 17.8. The number of rotatable bonds is 5. The summed E-state index contributed by atoms with van der Waals surface area (Å²) in [7, 11) is 0. The number of ether oxygens (including phenoxy) is 1. The van der Waals surface area contributed by atoms with Crippen LogP contribution in [0.2, 0.25) is 0 Å². The molecular weight excluding hydrogens is 298 g/mol. The third kappa shape index (κ3) is 7.28. The third-order valence-corrected chi connectivity index (χ3v) is 3.92. The molecule has 0 unspecified atom stereocenters. The predicted molar refractivity (Wildman–Crippen MR) is 98.1 cm³/mol. The van der Waals surface area contributed by atoms with Gasteiger partial charge in [0.1, 0.15) is 0 Å². The Morgan fingerprint density at radius 1 is 1.29 bits per heavy atom. The number of nitrogens with zero attached hydrogens (tertiary/aromatic N) is 1. The van der Waals surface area contributed by atoms with Crippen molar-refractivity contribution in [3.05, 3.63) is 53.1 Å². The van der Waals surface area contributed by atoms with Crippen molar-refractivity contribution in [3.63, 3.8) is 0 Å². The Labute approximate surface area is 145 Å². The van der Waals surface area contributed by atoms with E-state index >= 15 is 0 Å². The van der Waals surface area contributed by atoms with Crippen molar-refractivity contribution in [2.24, 2.45) is 5.92 Å². The van der Waals surface area contributed by atoms with Crippen LogP contribution in [-0.2, 0) is 9.53 Å². The Bertz CT molecular complexity index is 606. The lowest BCUT2D eigenvalue weighted by molar-refractivity contribution is -0.128. The van der Waals surface area contributed by atoms with Gasteiger partial charge >= 0.3 is 0 Å². The molecule has 0 amide bonds. The molecule has 3 heteroatoms. The largest absolute Gasteiger partial charge is 0.468 e. The van der Waals surface area contributed by atoms with Crippen molar-refractivity contribution < 1.29 is 9.53 Å². The molecule has 0 aliphatic heterocycles. The number of hydrogen-bond donors (Lipinski definition) is 0. The smallest absolute Gasteiger partial charge is 0.293 e. The second-order valence-corrected chi connectivity index (χ2v) is 6.30. The van der Waals surface area contributed by atoms with Crippen LogP contribution in [0.5, 0.6) is 0 Å². The van der Waals surface area contributed by atoms with Crippen LogP contribution in [0.1, 0.15) is 52.0 Å². The Morgan fingerprint density at radius 2 is 2.00 bits per heavy atom. The summed E-state index contributed by atoms with van der Waals surface area (Å²) in [6.07, 6.45) is 6.45. The Kier molecular flexibility index (Phi) is 9.23. The molecule has 0 spiro atoms. The van der Waals surface area contributed by atoms with Gasteiger partial charge in [-0.15, -0.1) is 0 Å². The minimum atomic E-state index is 0.488. The van der Waals surface area contributed by atoms with Gasteiger partial charge in [0.05, 0.1) is 12.7 Å². The summed E-state index contributed by atoms with van der Waals surface area (Å²) >= 11 is 0. The van der Waals surface area contributed by atoms with Crippen LogP contribution in [0.25, 0.3) is 5.57 Å². The molecule has 0 atom stereocenters. The lowest BCUT2D eigenvalue weighted by Gasteiger charge is -2.16. The minimum absolute atomic E-state index is 0.488. The molecule has 1 aliphatic rings. The third-order valence-electron chi connectivity index (χ3n) is 3.92. The summed E-state index contributed by atoms with van der Waals surface area (Å²) in [4.78, 5) is 9.56. The van der Waals surface area contributed by atoms with Crippen molar-refractivity contribution in [2.75, 3.05) is 6.61 Å². The van der Waals surface area contributed by atoms with Gasteiger partial charge in [0.2, 0.25) is 0 Å². The summed E-state index contributed by atoms with van der Waals surface area (Å²) < 4.78 is 4.46. The number of nitriles is 1. The topological polar surface area (TPSA) is 50.1 Å². The average molecular weight is 325 g/mol. The molecule has 1 aromatic rings. The number of allylic oxidation sites excluding steroid dienone is 4. The van der Waals surface area contributed by atoms with Gasteiger partial charge < -0.3 is 4.74 Å². The minimum Gasteiger partial charge on any atom is -0.468 e. The van der Waals surface area contributed by atoms with Gasteiger partial charge in [-0.1, -0.05) is 50.3 Å². The molecule has 0 fully saturated rings. The average Bonchev–Trinajstić information content (AvgIpc) is 2.62. The highest BCUT2D eigenvalue weighted by Gasteiger charge is 2.10. The summed E-state index contributed by atoms with van der Waals surface area (Å²) in [5.41, 5.74) is 4.70. The second-order valence-electron chi connectivity index (χ2n) is 6.30. The Hall–Kier alpha value is -2.34. The van der Waals surface area contributed by atoms with Crippen LogP contribution in [-0.4, -0.2) is 13.1 Å². The van der Waals surface area contributed by atoms with Gasteiger partial charge in [-0.25, -0.2) is 0 Å². The van der Waals surface area contributed by atoms with E-state index in [-0.39, 0.29) is 0 Å². The standard InChI is InChI=1S/C15H15N.C6H12O2/c1-12(11-16)14-8-5-9-15(10-14)13-6-3-2-4-7-13;1-6(2)3-4-8-5-7/h2-4,6-7,10H,5,8-9H2,1H3;5-6H,3-4H2,1-2H3/b14-12-;. The quantitative estimate of drug-likeness (QED) is 0.419. The molecule has 0 radical (unpaired) electrons. The fourth-order valence-electron chi connectivity index (χ4n) is 2.42. The summed E-state index contributed by atoms with van der Waals surface area (Å²) in [5.74, 6) is 0.620. The Balaban J connectivity index is 0.000000307. The van der Waals surface area contributed by atoms with E-state index in [0.717, 1.165) is 31.3 Å². The lowest BCUT2D eigenvalue weighted by atomic mass is 9.89. The van der Waals surface area contributed by atoms with Gasteiger partial charge in [-0.2, -0.15) is 5.26 Å². The maximum Gasteiger partial charge on any atom is 0.293 e. The zero-order valence-electron chi connectivity index (χ0n) is 14.9. The van der Waals surface area contributed by atoms with Crippen LogP contribution in [0, 0.1) is 17.2 Å². The fraction of sp³-hybridized carbons (Fsp3) is 0.429. The molecular formula is C21H27NO2. The highest BCUT2D eigenvalue weighted by atomic mass is 16.5. The molecule has 0 saturated heterocycles. The van der Waals surface area contributed by atoms with Gasteiger partial charge in [0.15, 0.2) is 0 Å². The SMILES string of the molecule is C/C(C#N)=C1/C=C(c2ccccc2)CCC1.CC(C)CCOC=O. The number of carbonyl (C=O) groups is 1. The van der Waals surface area contributed by atoms with E-state index in [1.807, 2.05) is 13.0 Å². The van der Waals surface area contributed by atoms with Gasteiger partial charge in [0.25, 0.3) is 6.47 Å². The van der Waals surface area contributed by atoms with Crippen molar-refractivity contribution in [2.45, 2.75) is 46.5 Å². The molecule has 0 saturated carbocycles. The van der Waals surface area contributed by atoms with Crippen molar-refractivity contribution in [1.29, 1.82) is 5.26 Å². The van der Waals surface area contributed by atoms with E-state index in [1.165, 1.54) is 16.7 Å². The van der Waals surface area contributed by atoms with E-state index in [0.29, 0.717) is 19.0 Å². The Morgan fingerprint density at radius 3 is 2.58 bits per heavy atom. The lowest BCUT2D eigenvalue weighted by Crippen LogP contribution is -1.96. The van der Waals surface area contributed by atoms with Gasteiger partial charge in [-0.3, -0.25) is 4.79 Å². The molecule has 1 aromatic carbocycles. The first kappa shape index (κ1) is 19.7. The summed E-state index contributed by atoms with van der Waals surface area (Å²) in [5, 5.41) is 8.91. The van der Waals surface area contributed by atoms with Crippen molar-refractivity contribution in [1.82, 2.24) is 0 Å². The number of carbonyl (C=O) groups excluding carboxylic acids is 1. The van der Waals surface area contributed by atoms with Crippen LogP contribution in [0.3, 0.4) is 0 Å². The van der Waals surface area contributed by atoms with E-state index in [9.17, 15) is 4.79 Å². The number of benzene rings is 1. The number of hydrogen-bond acceptors (Lipinski definition) is 3. The first-order valence-corrected chi connectivity index (χ1v) is 8.49. The van der Waals surface area contributed by atoms with Crippen molar-refractivity contribution in [3.8, 4) is 6.07 Å². The fourth-order valence-corrected chi connectivity index (χ4v) is 2.42.